The average Bonchev–Trinajstić information content (AvgIpc) is 2.64. The molecule has 1 aliphatic heterocycles. The lowest BCUT2D eigenvalue weighted by atomic mass is 9.64. The van der Waals surface area contributed by atoms with Gasteiger partial charge in [-0.15, -0.1) is 0 Å². The van der Waals surface area contributed by atoms with Crippen LogP contribution in [0.25, 0.3) is 0 Å². The zero-order chi connectivity index (χ0) is 21.6. The third-order valence-corrected chi connectivity index (χ3v) is 7.37. The summed E-state index contributed by atoms with van der Waals surface area (Å²) >= 11 is 0. The Balaban J connectivity index is 0.00000136. The van der Waals surface area contributed by atoms with Crippen LogP contribution in [0.4, 0.5) is 0 Å². The van der Waals surface area contributed by atoms with Crippen LogP contribution >= 0.6 is 0 Å². The van der Waals surface area contributed by atoms with Gasteiger partial charge in [-0.2, -0.15) is 0 Å². The lowest BCUT2D eigenvalue weighted by molar-refractivity contribution is -0.113. The SMILES string of the molecule is CC.Cc1ccc(C2OC(C)(C)C(C)(C)c3c(C)c(C)c(C)c(C)c32)cc1C. The standard InChI is InChI=1S/C25H34O.C2H6/c1-14-11-12-20(13-15(14)2)23-21-18(5)16(3)17(4)19(6)22(21)24(7,8)25(9,10)26-23;1-2/h11-13,23H,1-10H3;1-2H3. The largest absolute Gasteiger partial charge is 0.362 e. The molecule has 1 aliphatic rings. The highest BCUT2D eigenvalue weighted by Gasteiger charge is 2.49. The van der Waals surface area contributed by atoms with E-state index in [4.69, 9.17) is 4.74 Å². The Kier molecular flexibility index (Phi) is 6.22. The molecule has 0 amide bonds. The van der Waals surface area contributed by atoms with E-state index >= 15 is 0 Å². The van der Waals surface area contributed by atoms with Gasteiger partial charge in [0, 0.05) is 5.41 Å². The van der Waals surface area contributed by atoms with E-state index in [1.54, 1.807) is 0 Å². The molecule has 1 heteroatoms. The molecule has 2 aromatic carbocycles. The zero-order valence-corrected chi connectivity index (χ0v) is 20.2. The molecule has 0 saturated carbocycles. The maximum absolute atomic E-state index is 6.83. The topological polar surface area (TPSA) is 9.23 Å². The van der Waals surface area contributed by atoms with Crippen LogP contribution in [0.2, 0.25) is 0 Å². The van der Waals surface area contributed by atoms with Gasteiger partial charge >= 0.3 is 0 Å². The second-order valence-electron chi connectivity index (χ2n) is 9.27. The van der Waals surface area contributed by atoms with Crippen molar-refractivity contribution in [2.24, 2.45) is 0 Å². The van der Waals surface area contributed by atoms with Gasteiger partial charge in [0.15, 0.2) is 0 Å². The van der Waals surface area contributed by atoms with Crippen molar-refractivity contribution < 1.29 is 4.74 Å². The van der Waals surface area contributed by atoms with Gasteiger partial charge < -0.3 is 4.74 Å². The first-order valence-electron chi connectivity index (χ1n) is 10.8. The smallest absolute Gasteiger partial charge is 0.109 e. The van der Waals surface area contributed by atoms with Crippen LogP contribution in [0.5, 0.6) is 0 Å². The predicted molar refractivity (Wildman–Crippen MR) is 123 cm³/mol. The first-order valence-corrected chi connectivity index (χ1v) is 10.8. The van der Waals surface area contributed by atoms with Crippen LogP contribution in [-0.2, 0) is 10.2 Å². The van der Waals surface area contributed by atoms with Crippen molar-refractivity contribution in [3.8, 4) is 0 Å². The molecule has 1 heterocycles. The van der Waals surface area contributed by atoms with Crippen LogP contribution in [0.1, 0.15) is 97.7 Å². The van der Waals surface area contributed by atoms with Crippen molar-refractivity contribution in [3.05, 3.63) is 68.3 Å². The highest BCUT2D eigenvalue weighted by atomic mass is 16.5. The molecule has 1 nitrogen and oxygen atoms in total. The van der Waals surface area contributed by atoms with Gasteiger partial charge in [-0.1, -0.05) is 45.9 Å². The van der Waals surface area contributed by atoms with Gasteiger partial charge in [0.2, 0.25) is 0 Å². The molecule has 0 aromatic heterocycles. The zero-order valence-electron chi connectivity index (χ0n) is 20.2. The minimum Gasteiger partial charge on any atom is -0.362 e. The fourth-order valence-corrected chi connectivity index (χ4v) is 4.44. The molecular weight excluding hydrogens is 340 g/mol. The van der Waals surface area contributed by atoms with E-state index in [-0.39, 0.29) is 17.1 Å². The molecular formula is C27H40O. The molecule has 1 atom stereocenters. The van der Waals surface area contributed by atoms with Crippen molar-refractivity contribution in [1.29, 1.82) is 0 Å². The maximum atomic E-state index is 6.83. The van der Waals surface area contributed by atoms with Crippen LogP contribution in [0.3, 0.4) is 0 Å². The highest BCUT2D eigenvalue weighted by Crippen LogP contribution is 2.53. The van der Waals surface area contributed by atoms with Crippen molar-refractivity contribution in [1.82, 2.24) is 0 Å². The van der Waals surface area contributed by atoms with Gasteiger partial charge in [0.25, 0.3) is 0 Å². The minimum atomic E-state index is -0.248. The van der Waals surface area contributed by atoms with E-state index in [9.17, 15) is 0 Å². The van der Waals surface area contributed by atoms with Crippen molar-refractivity contribution in [2.75, 3.05) is 0 Å². The van der Waals surface area contributed by atoms with E-state index in [1.165, 1.54) is 50.1 Å². The number of ether oxygens (including phenoxy) is 1. The Labute approximate surface area is 173 Å². The molecule has 3 rings (SSSR count). The molecule has 0 spiro atoms. The summed E-state index contributed by atoms with van der Waals surface area (Å²) in [5.41, 5.74) is 12.1. The highest BCUT2D eigenvalue weighted by molar-refractivity contribution is 5.57. The van der Waals surface area contributed by atoms with Crippen molar-refractivity contribution in [3.63, 3.8) is 0 Å². The molecule has 154 valence electrons. The van der Waals surface area contributed by atoms with Crippen LogP contribution in [0, 0.1) is 41.5 Å². The summed E-state index contributed by atoms with van der Waals surface area (Å²) in [6, 6.07) is 6.78. The first kappa shape index (κ1) is 22.7. The molecule has 0 N–H and O–H groups in total. The number of hydrogen-bond donors (Lipinski definition) is 0. The van der Waals surface area contributed by atoms with Gasteiger partial charge in [0.1, 0.15) is 6.10 Å². The summed E-state index contributed by atoms with van der Waals surface area (Å²) in [6.07, 6.45) is -0.00896. The number of rotatable bonds is 1. The van der Waals surface area contributed by atoms with E-state index in [2.05, 4.69) is 87.4 Å². The monoisotopic (exact) mass is 380 g/mol. The number of hydrogen-bond acceptors (Lipinski definition) is 1. The van der Waals surface area contributed by atoms with E-state index in [1.807, 2.05) is 13.8 Å². The predicted octanol–water partition coefficient (Wildman–Crippen LogP) is 7.74. The number of aryl methyl sites for hydroxylation is 2. The van der Waals surface area contributed by atoms with E-state index in [0.29, 0.717) is 0 Å². The van der Waals surface area contributed by atoms with E-state index < -0.39 is 0 Å². The van der Waals surface area contributed by atoms with Gasteiger partial charge in [-0.25, -0.2) is 0 Å². The number of fused-ring (bicyclic) bond motifs is 1. The lowest BCUT2D eigenvalue weighted by Crippen LogP contribution is -2.51. The van der Waals surface area contributed by atoms with Crippen molar-refractivity contribution in [2.45, 2.75) is 100 Å². The normalized spacial score (nSPS) is 19.5. The Hall–Kier alpha value is -1.60. The summed E-state index contributed by atoms with van der Waals surface area (Å²) in [6.45, 7) is 26.6. The molecule has 1 unspecified atom stereocenters. The maximum Gasteiger partial charge on any atom is 0.109 e. The average molecular weight is 381 g/mol. The molecule has 0 bridgehead atoms. The van der Waals surface area contributed by atoms with Crippen LogP contribution in [0.15, 0.2) is 18.2 Å². The fourth-order valence-electron chi connectivity index (χ4n) is 4.44. The van der Waals surface area contributed by atoms with E-state index in [0.717, 1.165) is 0 Å². The lowest BCUT2D eigenvalue weighted by Gasteiger charge is -2.51. The summed E-state index contributed by atoms with van der Waals surface area (Å²) in [5, 5.41) is 0. The number of benzene rings is 2. The van der Waals surface area contributed by atoms with Gasteiger partial charge in [0.05, 0.1) is 5.60 Å². The molecule has 28 heavy (non-hydrogen) atoms. The molecule has 0 aliphatic carbocycles. The quantitative estimate of drug-likeness (QED) is 0.491. The van der Waals surface area contributed by atoms with Gasteiger partial charge in [-0.05, 0) is 105 Å². The van der Waals surface area contributed by atoms with Crippen molar-refractivity contribution >= 4 is 0 Å². The Morgan fingerprint density at radius 1 is 0.714 bits per heavy atom. The summed E-state index contributed by atoms with van der Waals surface area (Å²) in [4.78, 5) is 0. The fraction of sp³-hybridized carbons (Fsp3) is 0.556. The summed E-state index contributed by atoms with van der Waals surface area (Å²) < 4.78 is 6.83. The molecule has 0 radical (unpaired) electrons. The first-order chi connectivity index (χ1) is 12.9. The minimum absolute atomic E-state index is 0.00896. The van der Waals surface area contributed by atoms with Gasteiger partial charge in [-0.3, -0.25) is 0 Å². The summed E-state index contributed by atoms with van der Waals surface area (Å²) in [7, 11) is 0. The molecule has 0 fully saturated rings. The third-order valence-electron chi connectivity index (χ3n) is 7.37. The Morgan fingerprint density at radius 2 is 1.25 bits per heavy atom. The summed E-state index contributed by atoms with van der Waals surface area (Å²) in [5.74, 6) is 0. The molecule has 0 saturated heterocycles. The van der Waals surface area contributed by atoms with Crippen LogP contribution < -0.4 is 0 Å². The molecule has 2 aromatic rings. The second kappa shape index (κ2) is 7.67. The second-order valence-corrected chi connectivity index (χ2v) is 9.27. The van der Waals surface area contributed by atoms with Crippen LogP contribution in [-0.4, -0.2) is 5.60 Å². The Morgan fingerprint density at radius 3 is 1.79 bits per heavy atom. The third kappa shape index (κ3) is 3.32. The Bertz CT molecular complexity index is 884.